The Balaban J connectivity index is 0.000000436. The maximum Gasteiger partial charge on any atom is 0.485 e. The molecule has 208 valence electrons. The Morgan fingerprint density at radius 3 is 2.26 bits per heavy atom. The first-order valence-corrected chi connectivity index (χ1v) is 14.2. The molecule has 0 radical (unpaired) electrons. The smallest absolute Gasteiger partial charge is 0.485 e. The van der Waals surface area contributed by atoms with Gasteiger partial charge in [-0.1, -0.05) is 67.4 Å². The SMILES string of the molecule is C=CC[C@]1(C)C[C@@H](c2cccc(Cl)c2)[C@H](c2ccc(Cl)cc2)[N+]2=C1OC[C@@H]2C(C)C.O=S(=O)([O-])C(F)(F)F. The van der Waals surface area contributed by atoms with Crippen LogP contribution in [-0.4, -0.2) is 41.6 Å². The first-order chi connectivity index (χ1) is 17.6. The molecule has 0 unspecified atom stereocenters. The van der Waals surface area contributed by atoms with Crippen LogP contribution in [0.15, 0.2) is 61.2 Å². The second kappa shape index (κ2) is 11.6. The predicted octanol–water partition coefficient (Wildman–Crippen LogP) is 7.32. The number of hydrogen-bond acceptors (Lipinski definition) is 4. The van der Waals surface area contributed by atoms with Crippen LogP contribution in [0, 0.1) is 11.3 Å². The van der Waals surface area contributed by atoms with E-state index in [1.807, 2.05) is 24.3 Å². The van der Waals surface area contributed by atoms with Gasteiger partial charge in [0.15, 0.2) is 28.8 Å². The molecule has 2 aromatic carbocycles. The second-order valence-corrected chi connectivity index (χ2v) is 12.4. The third-order valence-corrected chi connectivity index (χ3v) is 8.04. The number of alkyl halides is 3. The number of benzene rings is 2. The molecule has 0 N–H and O–H groups in total. The summed E-state index contributed by atoms with van der Waals surface area (Å²) in [6, 6.07) is 17.1. The lowest BCUT2D eigenvalue weighted by molar-refractivity contribution is -0.616. The topological polar surface area (TPSA) is 69.4 Å². The van der Waals surface area contributed by atoms with Gasteiger partial charge in [-0.25, -0.2) is 8.42 Å². The van der Waals surface area contributed by atoms with Crippen LogP contribution in [0.5, 0.6) is 0 Å². The normalized spacial score (nSPS) is 25.4. The van der Waals surface area contributed by atoms with Crippen LogP contribution in [0.3, 0.4) is 0 Å². The summed E-state index contributed by atoms with van der Waals surface area (Å²) in [5, 5.41) is 1.54. The van der Waals surface area contributed by atoms with Crippen molar-refractivity contribution in [2.75, 3.05) is 6.61 Å². The fraction of sp³-hybridized carbons (Fsp3) is 0.444. The van der Waals surface area contributed by atoms with Crippen molar-refractivity contribution in [2.45, 2.75) is 57.1 Å². The van der Waals surface area contributed by atoms with Crippen LogP contribution < -0.4 is 0 Å². The summed E-state index contributed by atoms with van der Waals surface area (Å²) in [6.45, 7) is 11.6. The highest BCUT2D eigenvalue weighted by atomic mass is 35.5. The molecule has 4 atom stereocenters. The Bertz CT molecular complexity index is 1300. The molecule has 2 heterocycles. The molecule has 2 aliphatic heterocycles. The Labute approximate surface area is 231 Å². The van der Waals surface area contributed by atoms with Crippen molar-refractivity contribution >= 4 is 39.2 Å². The highest BCUT2D eigenvalue weighted by Gasteiger charge is 2.57. The van der Waals surface area contributed by atoms with Gasteiger partial charge in [0.25, 0.3) is 0 Å². The van der Waals surface area contributed by atoms with Gasteiger partial charge in [-0.05, 0) is 49.6 Å². The molecule has 2 aromatic rings. The quantitative estimate of drug-likeness (QED) is 0.158. The highest BCUT2D eigenvalue weighted by Crippen LogP contribution is 2.51. The van der Waals surface area contributed by atoms with Gasteiger partial charge in [-0.15, -0.1) is 6.58 Å². The van der Waals surface area contributed by atoms with Gasteiger partial charge >= 0.3 is 11.4 Å². The zero-order valence-electron chi connectivity index (χ0n) is 21.2. The van der Waals surface area contributed by atoms with E-state index in [4.69, 9.17) is 40.9 Å². The molecule has 0 aliphatic carbocycles. The van der Waals surface area contributed by atoms with E-state index in [1.165, 1.54) is 11.1 Å². The Morgan fingerprint density at radius 2 is 1.76 bits per heavy atom. The van der Waals surface area contributed by atoms with Crippen molar-refractivity contribution < 1.29 is 35.5 Å². The highest BCUT2D eigenvalue weighted by molar-refractivity contribution is 7.86. The maximum absolute atomic E-state index is 10.7. The van der Waals surface area contributed by atoms with Crippen LogP contribution in [0.1, 0.15) is 56.7 Å². The fourth-order valence-electron chi connectivity index (χ4n) is 5.26. The number of rotatable bonds is 5. The molecule has 0 saturated heterocycles. The number of nitrogens with zero attached hydrogens (tertiary/aromatic N) is 1. The first-order valence-electron chi connectivity index (χ1n) is 12.0. The summed E-state index contributed by atoms with van der Waals surface area (Å²) in [7, 11) is -6.09. The molecule has 0 fully saturated rings. The molecule has 5 nitrogen and oxygen atoms in total. The van der Waals surface area contributed by atoms with Crippen molar-refractivity contribution in [3.8, 4) is 0 Å². The predicted molar refractivity (Wildman–Crippen MR) is 142 cm³/mol. The molecule has 0 saturated carbocycles. The van der Waals surface area contributed by atoms with E-state index in [-0.39, 0.29) is 17.4 Å². The molecular weight excluding hydrogens is 562 g/mol. The standard InChI is InChI=1S/C26H30Cl2NO.CHF3O3S/c1-5-13-26(4)15-22(19-7-6-8-21(28)14-19)24(18-9-11-20(27)12-10-18)29-23(17(2)3)16-30-25(26)29;2-1(3,4)8(5,6)7/h5-12,14,17,22-24H,1,13,15-16H2,2-4H3;(H,5,6,7)/q+1;/p-1/t22-,23+,24-,26+;/m0./s1. The average Bonchev–Trinajstić information content (AvgIpc) is 3.26. The summed E-state index contributed by atoms with van der Waals surface area (Å²) >= 11 is 12.7. The number of halogens is 5. The van der Waals surface area contributed by atoms with Gasteiger partial charge in [-0.2, -0.15) is 17.7 Å². The van der Waals surface area contributed by atoms with Crippen molar-refractivity contribution in [1.29, 1.82) is 0 Å². The van der Waals surface area contributed by atoms with Gasteiger partial charge in [0, 0.05) is 21.5 Å². The van der Waals surface area contributed by atoms with E-state index in [1.54, 1.807) is 0 Å². The zero-order chi connectivity index (χ0) is 28.5. The zero-order valence-corrected chi connectivity index (χ0v) is 23.5. The summed E-state index contributed by atoms with van der Waals surface area (Å²) < 4.78 is 67.9. The van der Waals surface area contributed by atoms with E-state index in [9.17, 15) is 13.2 Å². The van der Waals surface area contributed by atoms with E-state index in [0.29, 0.717) is 12.0 Å². The Morgan fingerprint density at radius 1 is 1.16 bits per heavy atom. The molecule has 0 bridgehead atoms. The van der Waals surface area contributed by atoms with Crippen LogP contribution in [0.25, 0.3) is 0 Å². The minimum atomic E-state index is -6.09. The third kappa shape index (κ3) is 6.55. The Hall–Kier alpha value is -2.07. The maximum atomic E-state index is 10.7. The lowest BCUT2D eigenvalue weighted by atomic mass is 9.69. The van der Waals surface area contributed by atoms with Gasteiger partial charge in [0.2, 0.25) is 0 Å². The van der Waals surface area contributed by atoms with Crippen molar-refractivity contribution in [2.24, 2.45) is 11.3 Å². The lowest BCUT2D eigenvalue weighted by Gasteiger charge is -2.39. The van der Waals surface area contributed by atoms with Crippen LogP contribution in [0.2, 0.25) is 10.0 Å². The molecule has 0 spiro atoms. The van der Waals surface area contributed by atoms with Crippen molar-refractivity contribution in [3.05, 3.63) is 82.4 Å². The molecular formula is C27H30Cl2F3NO4S. The fourth-order valence-corrected chi connectivity index (χ4v) is 5.58. The van der Waals surface area contributed by atoms with Gasteiger partial charge in [0.1, 0.15) is 0 Å². The summed E-state index contributed by atoms with van der Waals surface area (Å²) in [6.07, 6.45) is 3.88. The van der Waals surface area contributed by atoms with Gasteiger partial charge < -0.3 is 9.29 Å². The van der Waals surface area contributed by atoms with Crippen LogP contribution >= 0.6 is 23.2 Å². The number of ether oxygens (including phenoxy) is 1. The Kier molecular flexibility index (Phi) is 9.29. The summed E-state index contributed by atoms with van der Waals surface area (Å²) in [5.41, 5.74) is -3.21. The van der Waals surface area contributed by atoms with Crippen molar-refractivity contribution in [3.63, 3.8) is 0 Å². The van der Waals surface area contributed by atoms with Crippen LogP contribution in [-0.2, 0) is 14.9 Å². The largest absolute Gasteiger partial charge is 0.741 e. The van der Waals surface area contributed by atoms with Gasteiger partial charge in [-0.3, -0.25) is 0 Å². The number of allylic oxidation sites excluding steroid dienone is 1. The first kappa shape index (κ1) is 30.5. The minimum Gasteiger partial charge on any atom is -0.741 e. The summed E-state index contributed by atoms with van der Waals surface area (Å²) in [4.78, 5) is 0. The van der Waals surface area contributed by atoms with Gasteiger partial charge in [0.05, 0.1) is 11.3 Å². The number of hydrogen-bond donors (Lipinski definition) is 0. The van der Waals surface area contributed by atoms with E-state index >= 15 is 0 Å². The van der Waals surface area contributed by atoms with E-state index in [2.05, 4.69) is 62.3 Å². The average molecular weight is 593 g/mol. The molecule has 0 amide bonds. The lowest BCUT2D eigenvalue weighted by Crippen LogP contribution is -2.46. The molecule has 38 heavy (non-hydrogen) atoms. The van der Waals surface area contributed by atoms with Crippen molar-refractivity contribution in [1.82, 2.24) is 0 Å². The summed E-state index contributed by atoms with van der Waals surface area (Å²) in [5.74, 6) is 1.87. The van der Waals surface area contributed by atoms with E-state index in [0.717, 1.165) is 35.4 Å². The molecule has 2 aliphatic rings. The second-order valence-electron chi connectivity index (χ2n) is 10.2. The molecule has 11 heteroatoms. The third-order valence-electron chi connectivity index (χ3n) is 6.99. The monoisotopic (exact) mass is 591 g/mol. The van der Waals surface area contributed by atoms with Crippen LogP contribution in [0.4, 0.5) is 13.2 Å². The van der Waals surface area contributed by atoms with E-state index < -0.39 is 15.6 Å². The molecule has 4 rings (SSSR count). The minimum absolute atomic E-state index is 0.0959. The molecule has 0 aromatic heterocycles.